The number of nitro groups is 1. The molecule has 0 radical (unpaired) electrons. The van der Waals surface area contributed by atoms with Crippen LogP contribution < -0.4 is 16.0 Å². The molecular formula is C18H19ClFN5O5. The molecule has 2 N–H and O–H groups in total. The molecule has 30 heavy (non-hydrogen) atoms. The highest BCUT2D eigenvalue weighted by atomic mass is 35.5. The molecule has 0 unspecified atom stereocenters. The van der Waals surface area contributed by atoms with Crippen molar-refractivity contribution in [2.24, 2.45) is 0 Å². The number of nitrogens with zero attached hydrogens (tertiary/aromatic N) is 3. The van der Waals surface area contributed by atoms with Gasteiger partial charge in [-0.1, -0.05) is 0 Å². The van der Waals surface area contributed by atoms with Crippen LogP contribution in [0, 0.1) is 15.9 Å². The smallest absolute Gasteiger partial charge is 0.404 e. The molecule has 160 valence electrons. The molecule has 2 aromatic heterocycles. The summed E-state index contributed by atoms with van der Waals surface area (Å²) in [6.07, 6.45) is 1.40. The van der Waals surface area contributed by atoms with Gasteiger partial charge in [0, 0.05) is 24.7 Å². The van der Waals surface area contributed by atoms with Gasteiger partial charge >= 0.3 is 11.6 Å². The first kappa shape index (κ1) is 21.4. The molecule has 0 spiro atoms. The van der Waals surface area contributed by atoms with Crippen molar-refractivity contribution in [3.63, 3.8) is 0 Å². The van der Waals surface area contributed by atoms with E-state index in [0.29, 0.717) is 49.0 Å². The van der Waals surface area contributed by atoms with Crippen molar-refractivity contribution in [1.29, 1.82) is 0 Å². The molecule has 0 amide bonds. The Morgan fingerprint density at radius 2 is 2.03 bits per heavy atom. The maximum atomic E-state index is 14.6. The Morgan fingerprint density at radius 3 is 2.63 bits per heavy atom. The summed E-state index contributed by atoms with van der Waals surface area (Å²) in [5.41, 5.74) is 1.03. The third-order valence-electron chi connectivity index (χ3n) is 4.88. The zero-order valence-corrected chi connectivity index (χ0v) is 16.5. The number of nitrogens with one attached hydrogen (secondary N) is 2. The molecule has 0 saturated carbocycles. The molecule has 12 heteroatoms. The number of H-pyrrole nitrogens is 1. The van der Waals surface area contributed by atoms with Crippen LogP contribution in [0.4, 0.5) is 21.6 Å². The zero-order chi connectivity index (χ0) is 20.4. The quantitative estimate of drug-likeness (QED) is 0.441. The largest absolute Gasteiger partial charge is 0.434 e. The second-order valence-corrected chi connectivity index (χ2v) is 6.73. The van der Waals surface area contributed by atoms with Crippen molar-refractivity contribution in [3.05, 3.63) is 68.5 Å². The maximum Gasteiger partial charge on any atom is 0.434 e. The van der Waals surface area contributed by atoms with Gasteiger partial charge < -0.3 is 19.1 Å². The molecular weight excluding hydrogens is 421 g/mol. The average molecular weight is 440 g/mol. The van der Waals surface area contributed by atoms with E-state index in [9.17, 15) is 19.3 Å². The first-order valence-electron chi connectivity index (χ1n) is 9.06. The van der Waals surface area contributed by atoms with Crippen molar-refractivity contribution in [1.82, 2.24) is 10.2 Å². The van der Waals surface area contributed by atoms with Gasteiger partial charge in [-0.3, -0.25) is 10.1 Å². The van der Waals surface area contributed by atoms with Crippen LogP contribution in [0.5, 0.6) is 0 Å². The van der Waals surface area contributed by atoms with Crippen LogP contribution >= 0.6 is 12.4 Å². The van der Waals surface area contributed by atoms with E-state index in [-0.39, 0.29) is 36.6 Å². The minimum Gasteiger partial charge on any atom is -0.404 e. The number of anilines is 2. The van der Waals surface area contributed by atoms with E-state index in [1.165, 1.54) is 18.2 Å². The molecule has 1 aliphatic heterocycles. The summed E-state index contributed by atoms with van der Waals surface area (Å²) in [4.78, 5) is 23.1. The SMILES string of the molecule is Cl.O=c1[nH]nc(C2CCN(c3ccc(NCc4ccc([N+](=O)[O-])o4)cc3F)CC2)o1. The highest BCUT2D eigenvalue weighted by molar-refractivity contribution is 5.85. The summed E-state index contributed by atoms with van der Waals surface area (Å²) in [6, 6.07) is 7.59. The van der Waals surface area contributed by atoms with E-state index in [4.69, 9.17) is 8.83 Å². The summed E-state index contributed by atoms with van der Waals surface area (Å²) in [5, 5.41) is 19.8. The van der Waals surface area contributed by atoms with Crippen molar-refractivity contribution < 1.29 is 18.1 Å². The van der Waals surface area contributed by atoms with Gasteiger partial charge in [-0.2, -0.15) is 0 Å². The third kappa shape index (κ3) is 4.62. The molecule has 3 heterocycles. The maximum absolute atomic E-state index is 14.6. The lowest BCUT2D eigenvalue weighted by Crippen LogP contribution is -2.33. The summed E-state index contributed by atoms with van der Waals surface area (Å²) in [5.74, 6) is -0.459. The van der Waals surface area contributed by atoms with Crippen molar-refractivity contribution in [2.75, 3.05) is 23.3 Å². The van der Waals surface area contributed by atoms with E-state index in [0.717, 1.165) is 0 Å². The molecule has 0 aliphatic carbocycles. The van der Waals surface area contributed by atoms with E-state index in [2.05, 4.69) is 15.5 Å². The number of halogens is 2. The lowest BCUT2D eigenvalue weighted by Gasteiger charge is -2.32. The number of aromatic amines is 1. The van der Waals surface area contributed by atoms with Crippen molar-refractivity contribution in [3.8, 4) is 0 Å². The minimum absolute atomic E-state index is 0. The molecule has 10 nitrogen and oxygen atoms in total. The Morgan fingerprint density at radius 1 is 1.27 bits per heavy atom. The number of hydrogen-bond donors (Lipinski definition) is 2. The highest BCUT2D eigenvalue weighted by Gasteiger charge is 2.26. The van der Waals surface area contributed by atoms with Crippen LogP contribution in [-0.4, -0.2) is 28.2 Å². The minimum atomic E-state index is -0.610. The Kier molecular flexibility index (Phi) is 6.40. The lowest BCUT2D eigenvalue weighted by molar-refractivity contribution is -0.402. The van der Waals surface area contributed by atoms with Crippen LogP contribution in [0.1, 0.15) is 30.4 Å². The topological polar surface area (TPSA) is 130 Å². The molecule has 0 bridgehead atoms. The molecule has 1 aliphatic rings. The van der Waals surface area contributed by atoms with Gasteiger partial charge in [-0.25, -0.2) is 14.3 Å². The van der Waals surface area contributed by atoms with E-state index in [1.54, 1.807) is 12.1 Å². The van der Waals surface area contributed by atoms with E-state index in [1.807, 2.05) is 4.90 Å². The monoisotopic (exact) mass is 439 g/mol. The fraction of sp³-hybridized carbons (Fsp3) is 0.333. The van der Waals surface area contributed by atoms with Gasteiger partial charge in [0.2, 0.25) is 5.89 Å². The highest BCUT2D eigenvalue weighted by Crippen LogP contribution is 2.31. The molecule has 1 saturated heterocycles. The predicted molar refractivity (Wildman–Crippen MR) is 108 cm³/mol. The van der Waals surface area contributed by atoms with E-state index < -0.39 is 10.7 Å². The lowest BCUT2D eigenvalue weighted by atomic mass is 9.96. The van der Waals surface area contributed by atoms with Crippen LogP contribution in [0.2, 0.25) is 0 Å². The van der Waals surface area contributed by atoms with Gasteiger partial charge in [0.05, 0.1) is 18.3 Å². The predicted octanol–water partition coefficient (Wildman–Crippen LogP) is 3.42. The average Bonchev–Trinajstić information content (AvgIpc) is 3.36. The van der Waals surface area contributed by atoms with Crippen LogP contribution in [0.15, 0.2) is 44.0 Å². The third-order valence-corrected chi connectivity index (χ3v) is 4.88. The number of aromatic nitrogens is 2. The van der Waals surface area contributed by atoms with Crippen LogP contribution in [-0.2, 0) is 6.54 Å². The fourth-order valence-corrected chi connectivity index (χ4v) is 3.41. The Bertz CT molecular complexity index is 1070. The first-order chi connectivity index (χ1) is 14.0. The summed E-state index contributed by atoms with van der Waals surface area (Å²) < 4.78 is 24.7. The summed E-state index contributed by atoms with van der Waals surface area (Å²) in [7, 11) is 0. The standard InChI is InChI=1S/C18H18FN5O5.ClH/c19-14-9-12(20-10-13-2-4-16(28-13)24(26)27)1-3-15(14)23-7-5-11(6-8-23)17-21-22-18(25)29-17;/h1-4,9,11,20H,5-8,10H2,(H,22,25);1H. The molecule has 1 fully saturated rings. The van der Waals surface area contributed by atoms with Gasteiger partial charge in [-0.05, 0) is 37.1 Å². The fourth-order valence-electron chi connectivity index (χ4n) is 3.41. The van der Waals surface area contributed by atoms with Crippen LogP contribution in [0.3, 0.4) is 0 Å². The Hall–Kier alpha value is -3.34. The molecule has 0 atom stereocenters. The number of piperidine rings is 1. The summed E-state index contributed by atoms with van der Waals surface area (Å²) in [6.45, 7) is 1.43. The van der Waals surface area contributed by atoms with Gasteiger partial charge in [0.25, 0.3) is 0 Å². The van der Waals surface area contributed by atoms with Gasteiger partial charge in [-0.15, -0.1) is 17.5 Å². The Labute approximate surface area is 175 Å². The molecule has 4 rings (SSSR count). The second-order valence-electron chi connectivity index (χ2n) is 6.73. The molecule has 1 aromatic carbocycles. The van der Waals surface area contributed by atoms with Crippen molar-refractivity contribution in [2.45, 2.75) is 25.3 Å². The summed E-state index contributed by atoms with van der Waals surface area (Å²) >= 11 is 0. The number of furan rings is 1. The zero-order valence-electron chi connectivity index (χ0n) is 15.7. The van der Waals surface area contributed by atoms with Crippen molar-refractivity contribution >= 4 is 29.7 Å². The van der Waals surface area contributed by atoms with Gasteiger partial charge in [0.1, 0.15) is 16.5 Å². The van der Waals surface area contributed by atoms with Gasteiger partial charge in [0.15, 0.2) is 0 Å². The Balaban J connectivity index is 0.00000256. The van der Waals surface area contributed by atoms with Crippen LogP contribution in [0.25, 0.3) is 0 Å². The molecule has 3 aromatic rings. The van der Waals surface area contributed by atoms with E-state index >= 15 is 0 Å². The normalized spacial score (nSPS) is 14.4. The second kappa shape index (κ2) is 8.99. The first-order valence-corrected chi connectivity index (χ1v) is 9.06. The number of hydrogen-bond acceptors (Lipinski definition) is 8. The number of benzene rings is 1. The number of rotatable bonds is 6.